The van der Waals surface area contributed by atoms with Gasteiger partial charge in [0.1, 0.15) is 5.70 Å². The number of esters is 1. The summed E-state index contributed by atoms with van der Waals surface area (Å²) in [5.41, 5.74) is 1.88. The number of aromatic nitrogens is 2. The molecule has 4 heterocycles. The smallest absolute Gasteiger partial charge is 0.352 e. The quantitative estimate of drug-likeness (QED) is 0.465. The molecule has 3 aliphatic rings. The molecule has 1 N–H and O–H groups in total. The molecule has 4 rings (SSSR count). The maximum absolute atomic E-state index is 12.1. The number of carbonyl (C=O) groups is 3. The van der Waals surface area contributed by atoms with Crippen molar-refractivity contribution in [1.82, 2.24) is 14.7 Å². The lowest BCUT2D eigenvalue weighted by molar-refractivity contribution is -0.149. The molecule has 1 aromatic rings. The van der Waals surface area contributed by atoms with Crippen molar-refractivity contribution in [1.29, 1.82) is 0 Å². The minimum atomic E-state index is -1.09. The number of rotatable bonds is 2. The average Bonchev–Trinajstić information content (AvgIpc) is 3.05. The summed E-state index contributed by atoms with van der Waals surface area (Å²) in [6.45, 7) is 0.0750. The molecule has 1 fully saturated rings. The third-order valence-electron chi connectivity index (χ3n) is 4.01. The fourth-order valence-electron chi connectivity index (χ4n) is 2.97. The van der Waals surface area contributed by atoms with Crippen LogP contribution in [-0.4, -0.2) is 43.7 Å². The van der Waals surface area contributed by atoms with Gasteiger partial charge in [0.25, 0.3) is 5.91 Å². The second-order valence-corrected chi connectivity index (χ2v) is 5.30. The minimum Gasteiger partial charge on any atom is -0.477 e. The number of hydrogen-bond acceptors (Lipinski definition) is 5. The number of amides is 1. The molecule has 1 saturated heterocycles. The van der Waals surface area contributed by atoms with Gasteiger partial charge in [0, 0.05) is 5.57 Å². The second-order valence-electron chi connectivity index (χ2n) is 5.30. The van der Waals surface area contributed by atoms with E-state index in [1.807, 2.05) is 0 Å². The van der Waals surface area contributed by atoms with E-state index < -0.39 is 5.97 Å². The second kappa shape index (κ2) is 4.30. The van der Waals surface area contributed by atoms with E-state index in [9.17, 15) is 14.4 Å². The van der Waals surface area contributed by atoms with Crippen molar-refractivity contribution in [2.45, 2.75) is 25.6 Å². The Hall–Kier alpha value is -2.90. The van der Waals surface area contributed by atoms with Crippen LogP contribution in [-0.2, 0) is 32.3 Å². The molecule has 0 radical (unpaired) electrons. The number of carboxylic acids is 1. The zero-order valence-corrected chi connectivity index (χ0v) is 11.4. The van der Waals surface area contributed by atoms with E-state index in [1.165, 1.54) is 4.90 Å². The lowest BCUT2D eigenvalue weighted by Gasteiger charge is -2.38. The Balaban J connectivity index is 1.60. The zero-order valence-electron chi connectivity index (χ0n) is 11.4. The zero-order chi connectivity index (χ0) is 15.4. The van der Waals surface area contributed by atoms with Gasteiger partial charge in [-0.3, -0.25) is 14.5 Å². The van der Waals surface area contributed by atoms with Gasteiger partial charge in [-0.1, -0.05) is 6.08 Å². The van der Waals surface area contributed by atoms with Gasteiger partial charge in [0.15, 0.2) is 6.73 Å². The molecule has 3 aliphatic heterocycles. The molecule has 0 spiro atoms. The van der Waals surface area contributed by atoms with Gasteiger partial charge in [-0.15, -0.1) is 0 Å². The minimum absolute atomic E-state index is 0.0373. The Morgan fingerprint density at radius 2 is 2.27 bits per heavy atom. The number of hydrogen-bond donors (Lipinski definition) is 1. The van der Waals surface area contributed by atoms with Crippen molar-refractivity contribution in [2.75, 3.05) is 0 Å². The molecular weight excluding hydrogens is 290 g/mol. The summed E-state index contributed by atoms with van der Waals surface area (Å²) in [6.07, 6.45) is 3.85. The maximum atomic E-state index is 12.1. The molecule has 0 aliphatic carbocycles. The van der Waals surface area contributed by atoms with Crippen LogP contribution in [0.1, 0.15) is 17.8 Å². The number of nitrogens with zero attached hydrogens (tertiary/aromatic N) is 3. The molecule has 22 heavy (non-hydrogen) atoms. The highest BCUT2D eigenvalue weighted by Crippen LogP contribution is 2.38. The van der Waals surface area contributed by atoms with Crippen molar-refractivity contribution in [3.8, 4) is 0 Å². The first-order chi connectivity index (χ1) is 10.5. The SMILES string of the molecule is O=C1Cc2cc(/C=C3/C(=O)N4C(C(=O)O)=CCC34)nn2CO1. The predicted octanol–water partition coefficient (Wildman–Crippen LogP) is -0.0937. The standard InChI is InChI=1S/C14H11N3O5/c18-12-5-8-3-7(15-16(8)6-22-12)4-9-10-1-2-11(14(20)21)17(10)13(9)19/h2-4,10H,1,5-6H2,(H,20,21)/b9-4+. The average molecular weight is 301 g/mol. The molecule has 112 valence electrons. The Kier molecular flexibility index (Phi) is 2.50. The van der Waals surface area contributed by atoms with Crippen LogP contribution in [0, 0.1) is 0 Å². The van der Waals surface area contributed by atoms with E-state index in [4.69, 9.17) is 9.84 Å². The summed E-state index contributed by atoms with van der Waals surface area (Å²) in [7, 11) is 0. The fraction of sp³-hybridized carbons (Fsp3) is 0.286. The summed E-state index contributed by atoms with van der Waals surface area (Å²) in [5, 5.41) is 13.3. The Morgan fingerprint density at radius 1 is 1.45 bits per heavy atom. The first kappa shape index (κ1) is 12.8. The van der Waals surface area contributed by atoms with Crippen LogP contribution in [0.2, 0.25) is 0 Å². The Morgan fingerprint density at radius 3 is 3.05 bits per heavy atom. The van der Waals surface area contributed by atoms with E-state index in [1.54, 1.807) is 22.9 Å². The summed E-state index contributed by atoms with van der Waals surface area (Å²) >= 11 is 0. The molecule has 8 nitrogen and oxygen atoms in total. The van der Waals surface area contributed by atoms with Crippen molar-refractivity contribution in [3.05, 3.63) is 34.8 Å². The first-order valence-corrected chi connectivity index (χ1v) is 6.75. The van der Waals surface area contributed by atoms with Crippen molar-refractivity contribution < 1.29 is 24.2 Å². The molecule has 1 aromatic heterocycles. The van der Waals surface area contributed by atoms with Gasteiger partial charge in [-0.2, -0.15) is 5.10 Å². The van der Waals surface area contributed by atoms with Crippen LogP contribution in [0.15, 0.2) is 23.4 Å². The number of cyclic esters (lactones) is 1. The Labute approximate surface area is 124 Å². The summed E-state index contributed by atoms with van der Waals surface area (Å²) in [6, 6.07) is 1.51. The van der Waals surface area contributed by atoms with Gasteiger partial charge in [-0.25, -0.2) is 9.48 Å². The molecule has 1 unspecified atom stereocenters. The van der Waals surface area contributed by atoms with Crippen LogP contribution in [0.5, 0.6) is 0 Å². The molecule has 0 bridgehead atoms. The van der Waals surface area contributed by atoms with Crippen molar-refractivity contribution in [3.63, 3.8) is 0 Å². The topological polar surface area (TPSA) is 102 Å². The van der Waals surface area contributed by atoms with Gasteiger partial charge in [-0.05, 0) is 18.6 Å². The van der Waals surface area contributed by atoms with Crippen LogP contribution >= 0.6 is 0 Å². The number of carbonyl (C=O) groups excluding carboxylic acids is 2. The third-order valence-corrected chi connectivity index (χ3v) is 4.01. The predicted molar refractivity (Wildman–Crippen MR) is 71.0 cm³/mol. The summed E-state index contributed by atoms with van der Waals surface area (Å²) in [4.78, 5) is 35.6. The molecule has 0 aromatic carbocycles. The third kappa shape index (κ3) is 1.70. The van der Waals surface area contributed by atoms with Gasteiger partial charge in [0.2, 0.25) is 0 Å². The van der Waals surface area contributed by atoms with E-state index in [-0.39, 0.29) is 36.8 Å². The molecule has 0 saturated carbocycles. The van der Waals surface area contributed by atoms with E-state index in [2.05, 4.69) is 5.10 Å². The first-order valence-electron chi connectivity index (χ1n) is 6.75. The number of β-lactam (4-membered cyclic amide) rings is 1. The molecule has 1 amide bonds. The van der Waals surface area contributed by atoms with Crippen molar-refractivity contribution in [2.24, 2.45) is 0 Å². The Bertz CT molecular complexity index is 788. The number of aliphatic carboxylic acids is 1. The van der Waals surface area contributed by atoms with Crippen LogP contribution in [0.4, 0.5) is 0 Å². The summed E-state index contributed by atoms with van der Waals surface area (Å²) < 4.78 is 6.46. The highest BCUT2D eigenvalue weighted by Gasteiger charge is 2.48. The number of ether oxygens (including phenoxy) is 1. The fourth-order valence-corrected chi connectivity index (χ4v) is 2.97. The molecule has 1 atom stereocenters. The van der Waals surface area contributed by atoms with E-state index in [0.717, 1.165) is 5.69 Å². The number of carboxylic acid groups (broad SMARTS) is 1. The van der Waals surface area contributed by atoms with Gasteiger partial charge < -0.3 is 9.84 Å². The monoisotopic (exact) mass is 301 g/mol. The molecular formula is C14H11N3O5. The normalized spacial score (nSPS) is 24.5. The van der Waals surface area contributed by atoms with Crippen LogP contribution < -0.4 is 0 Å². The summed E-state index contributed by atoms with van der Waals surface area (Å²) in [5.74, 6) is -1.71. The highest BCUT2D eigenvalue weighted by atomic mass is 16.5. The van der Waals surface area contributed by atoms with Gasteiger partial charge >= 0.3 is 11.9 Å². The largest absolute Gasteiger partial charge is 0.477 e. The maximum Gasteiger partial charge on any atom is 0.352 e. The lowest BCUT2D eigenvalue weighted by Crippen LogP contribution is -2.52. The van der Waals surface area contributed by atoms with Crippen LogP contribution in [0.25, 0.3) is 6.08 Å². The molecule has 8 heteroatoms. The van der Waals surface area contributed by atoms with E-state index in [0.29, 0.717) is 17.7 Å². The van der Waals surface area contributed by atoms with Crippen LogP contribution in [0.3, 0.4) is 0 Å². The number of fused-ring (bicyclic) bond motifs is 2. The van der Waals surface area contributed by atoms with Crippen molar-refractivity contribution >= 4 is 23.9 Å². The van der Waals surface area contributed by atoms with Gasteiger partial charge in [0.05, 0.1) is 23.9 Å². The van der Waals surface area contributed by atoms with E-state index >= 15 is 0 Å². The lowest BCUT2D eigenvalue weighted by atomic mass is 9.93. The highest BCUT2D eigenvalue weighted by molar-refractivity contribution is 6.10.